The molecule has 3 aromatic rings. The molecule has 0 aromatic heterocycles. The van der Waals surface area contributed by atoms with Gasteiger partial charge in [0.25, 0.3) is 0 Å². The lowest BCUT2D eigenvalue weighted by molar-refractivity contribution is -0.127. The molecule has 0 saturated heterocycles. The smallest absolute Gasteiger partial charge is 0.240 e. The van der Waals surface area contributed by atoms with Crippen LogP contribution in [0.2, 0.25) is 0 Å². The van der Waals surface area contributed by atoms with E-state index in [0.717, 1.165) is 11.1 Å². The third-order valence-electron chi connectivity index (χ3n) is 5.31. The number of carbonyl (C=O) groups is 1. The summed E-state index contributed by atoms with van der Waals surface area (Å²) in [5, 5.41) is 0.643. The molecule has 5 rings (SSSR count). The third-order valence-corrected chi connectivity index (χ3v) is 6.37. The molecule has 0 saturated carbocycles. The summed E-state index contributed by atoms with van der Waals surface area (Å²) in [5.41, 5.74) is 2.31. The maximum atomic E-state index is 14.0. The van der Waals surface area contributed by atoms with E-state index in [1.807, 2.05) is 54.6 Å². The van der Waals surface area contributed by atoms with Gasteiger partial charge in [-0.25, -0.2) is 4.39 Å². The fourth-order valence-corrected chi connectivity index (χ4v) is 4.88. The summed E-state index contributed by atoms with van der Waals surface area (Å²) in [6.07, 6.45) is 0. The Balaban J connectivity index is 1.43. The van der Waals surface area contributed by atoms with E-state index in [4.69, 9.17) is 4.74 Å². The van der Waals surface area contributed by atoms with Crippen LogP contribution in [0.3, 0.4) is 0 Å². The van der Waals surface area contributed by atoms with Gasteiger partial charge < -0.3 is 4.74 Å². The lowest BCUT2D eigenvalue weighted by atomic mass is 9.87. The second-order valence-electron chi connectivity index (χ2n) is 7.14. The third kappa shape index (κ3) is 3.37. The number of hydrogen-bond donors (Lipinski definition) is 0. The summed E-state index contributed by atoms with van der Waals surface area (Å²) in [4.78, 5) is 20.0. The number of carbonyl (C=O) groups excluding carboxylic acids is 1. The van der Waals surface area contributed by atoms with Crippen LogP contribution < -0.4 is 4.74 Å². The number of para-hydroxylation sites is 2. The van der Waals surface area contributed by atoms with Gasteiger partial charge in [0, 0.05) is 23.4 Å². The van der Waals surface area contributed by atoms with E-state index in [2.05, 4.69) is 4.99 Å². The van der Waals surface area contributed by atoms with Gasteiger partial charge in [0.1, 0.15) is 17.3 Å². The minimum absolute atomic E-state index is 0.0320. The molecule has 0 fully saturated rings. The summed E-state index contributed by atoms with van der Waals surface area (Å²) in [6.45, 7) is 1.08. The zero-order chi connectivity index (χ0) is 20.5. The Kier molecular flexibility index (Phi) is 5.01. The number of hydrogen-bond acceptors (Lipinski definition) is 4. The SMILES string of the molecule is O=C(C1c2ccccc2Oc2ccccc21)N1CCN=C1SCc1ccccc1F. The van der Waals surface area contributed by atoms with Gasteiger partial charge in [-0.1, -0.05) is 66.4 Å². The second kappa shape index (κ2) is 7.95. The van der Waals surface area contributed by atoms with Gasteiger partial charge in [0.15, 0.2) is 5.17 Å². The topological polar surface area (TPSA) is 41.9 Å². The molecule has 30 heavy (non-hydrogen) atoms. The molecule has 0 atom stereocenters. The highest BCUT2D eigenvalue weighted by molar-refractivity contribution is 8.13. The minimum Gasteiger partial charge on any atom is -0.457 e. The molecule has 0 bridgehead atoms. The number of halogens is 1. The zero-order valence-corrected chi connectivity index (χ0v) is 16.9. The predicted octanol–water partition coefficient (Wildman–Crippen LogP) is 5.19. The first kappa shape index (κ1) is 18.9. The second-order valence-corrected chi connectivity index (χ2v) is 8.09. The highest BCUT2D eigenvalue weighted by Gasteiger charge is 2.37. The van der Waals surface area contributed by atoms with E-state index in [1.54, 1.807) is 17.0 Å². The van der Waals surface area contributed by atoms with E-state index < -0.39 is 5.92 Å². The summed E-state index contributed by atoms with van der Waals surface area (Å²) < 4.78 is 20.0. The van der Waals surface area contributed by atoms with Gasteiger partial charge in [0.2, 0.25) is 5.91 Å². The Morgan fingerprint density at radius 3 is 2.33 bits per heavy atom. The highest BCUT2D eigenvalue weighted by atomic mass is 32.2. The summed E-state index contributed by atoms with van der Waals surface area (Å²) in [6, 6.07) is 22.0. The Bertz CT molecular complexity index is 1100. The van der Waals surface area contributed by atoms with E-state index in [-0.39, 0.29) is 11.7 Å². The van der Waals surface area contributed by atoms with Gasteiger partial charge in [-0.05, 0) is 23.8 Å². The number of rotatable bonds is 3. The highest BCUT2D eigenvalue weighted by Crippen LogP contribution is 2.45. The first-order chi connectivity index (χ1) is 14.7. The van der Waals surface area contributed by atoms with Gasteiger partial charge in [-0.2, -0.15) is 0 Å². The number of ether oxygens (including phenoxy) is 1. The van der Waals surface area contributed by atoms with Crippen LogP contribution in [0, 0.1) is 5.82 Å². The maximum Gasteiger partial charge on any atom is 0.240 e. The number of aliphatic imine (C=N–C) groups is 1. The van der Waals surface area contributed by atoms with Crippen LogP contribution in [0.1, 0.15) is 22.6 Å². The molecule has 4 nitrogen and oxygen atoms in total. The van der Waals surface area contributed by atoms with Crippen LogP contribution in [0.4, 0.5) is 4.39 Å². The average molecular weight is 418 g/mol. The van der Waals surface area contributed by atoms with Crippen molar-refractivity contribution < 1.29 is 13.9 Å². The largest absolute Gasteiger partial charge is 0.457 e. The Labute approximate surface area is 178 Å². The molecule has 2 heterocycles. The molecule has 2 aliphatic heterocycles. The minimum atomic E-state index is -0.455. The number of thioether (sulfide) groups is 1. The lowest BCUT2D eigenvalue weighted by Gasteiger charge is -2.30. The van der Waals surface area contributed by atoms with Gasteiger partial charge >= 0.3 is 0 Å². The van der Waals surface area contributed by atoms with Crippen LogP contribution in [-0.4, -0.2) is 29.1 Å². The molecule has 150 valence electrons. The standard InChI is InChI=1S/C24H19FN2O2S/c25-19-10-4-1-7-16(19)15-30-24-26-13-14-27(24)23(28)22-17-8-2-5-11-20(17)29-21-12-6-3-9-18(21)22/h1-12,22H,13-15H2. The molecule has 0 N–H and O–H groups in total. The zero-order valence-electron chi connectivity index (χ0n) is 16.1. The molecule has 0 unspecified atom stereocenters. The number of nitrogens with zero attached hydrogens (tertiary/aromatic N) is 2. The number of amidine groups is 1. The van der Waals surface area contributed by atoms with Crippen molar-refractivity contribution in [2.24, 2.45) is 4.99 Å². The summed E-state index contributed by atoms with van der Waals surface area (Å²) in [7, 11) is 0. The lowest BCUT2D eigenvalue weighted by Crippen LogP contribution is -2.38. The van der Waals surface area contributed by atoms with Crippen molar-refractivity contribution in [1.82, 2.24) is 4.90 Å². The van der Waals surface area contributed by atoms with Crippen LogP contribution in [0.25, 0.3) is 0 Å². The molecule has 6 heteroatoms. The van der Waals surface area contributed by atoms with Gasteiger partial charge in [0.05, 0.1) is 12.5 Å². The molecule has 1 amide bonds. The van der Waals surface area contributed by atoms with Crippen molar-refractivity contribution in [2.45, 2.75) is 11.7 Å². The van der Waals surface area contributed by atoms with Crippen molar-refractivity contribution in [3.8, 4) is 11.5 Å². The molecule has 0 spiro atoms. The van der Waals surface area contributed by atoms with E-state index in [1.165, 1.54) is 17.8 Å². The van der Waals surface area contributed by atoms with Crippen molar-refractivity contribution >= 4 is 22.8 Å². The number of fused-ring (bicyclic) bond motifs is 2. The van der Waals surface area contributed by atoms with E-state index in [9.17, 15) is 9.18 Å². The van der Waals surface area contributed by atoms with Crippen LogP contribution in [-0.2, 0) is 10.5 Å². The quantitative estimate of drug-likeness (QED) is 0.587. The fourth-order valence-electron chi connectivity index (χ4n) is 3.84. The molecular weight excluding hydrogens is 399 g/mol. The van der Waals surface area contributed by atoms with Gasteiger partial charge in [-0.15, -0.1) is 0 Å². The van der Waals surface area contributed by atoms with E-state index >= 15 is 0 Å². The maximum absolute atomic E-state index is 14.0. The summed E-state index contributed by atoms with van der Waals surface area (Å²) in [5.74, 6) is 1.10. The van der Waals surface area contributed by atoms with Crippen LogP contribution >= 0.6 is 11.8 Å². The number of amides is 1. The van der Waals surface area contributed by atoms with Crippen molar-refractivity contribution in [2.75, 3.05) is 13.1 Å². The molecule has 0 radical (unpaired) electrons. The Morgan fingerprint density at radius 2 is 1.63 bits per heavy atom. The Hall–Kier alpha value is -3.12. The predicted molar refractivity (Wildman–Crippen MR) is 117 cm³/mol. The first-order valence-corrected chi connectivity index (χ1v) is 10.8. The van der Waals surface area contributed by atoms with Crippen molar-refractivity contribution in [3.63, 3.8) is 0 Å². The monoisotopic (exact) mass is 418 g/mol. The molecule has 3 aromatic carbocycles. The molecular formula is C24H19FN2O2S. The van der Waals surface area contributed by atoms with Crippen LogP contribution in [0.5, 0.6) is 11.5 Å². The van der Waals surface area contributed by atoms with Crippen LogP contribution in [0.15, 0.2) is 77.8 Å². The normalized spacial score (nSPS) is 15.2. The van der Waals surface area contributed by atoms with Crippen molar-refractivity contribution in [1.29, 1.82) is 0 Å². The van der Waals surface area contributed by atoms with Crippen molar-refractivity contribution in [3.05, 3.63) is 95.3 Å². The average Bonchev–Trinajstić information content (AvgIpc) is 3.25. The van der Waals surface area contributed by atoms with Gasteiger partial charge in [-0.3, -0.25) is 14.7 Å². The Morgan fingerprint density at radius 1 is 1.00 bits per heavy atom. The molecule has 2 aliphatic rings. The molecule has 0 aliphatic carbocycles. The first-order valence-electron chi connectivity index (χ1n) is 9.80. The number of benzene rings is 3. The summed E-state index contributed by atoms with van der Waals surface area (Å²) >= 11 is 1.40. The van der Waals surface area contributed by atoms with E-state index in [0.29, 0.717) is 41.1 Å². The fraction of sp³-hybridized carbons (Fsp3) is 0.167.